The highest BCUT2D eigenvalue weighted by Crippen LogP contribution is 2.19. The molecule has 4 heteroatoms. The van der Waals surface area contributed by atoms with Gasteiger partial charge in [0.2, 0.25) is 0 Å². The molecule has 2 rings (SSSR count). The van der Waals surface area contributed by atoms with Crippen molar-refractivity contribution in [1.29, 1.82) is 0 Å². The molecule has 0 atom stereocenters. The fourth-order valence-corrected chi connectivity index (χ4v) is 1.72. The van der Waals surface area contributed by atoms with Gasteiger partial charge < -0.3 is 4.74 Å². The fourth-order valence-electron chi connectivity index (χ4n) is 1.72. The maximum atomic E-state index is 11.5. The summed E-state index contributed by atoms with van der Waals surface area (Å²) in [5.41, 5.74) is 1.69. The van der Waals surface area contributed by atoms with Crippen LogP contribution in [0, 0.1) is 0 Å². The van der Waals surface area contributed by atoms with Gasteiger partial charge in [0.25, 0.3) is 5.56 Å². The zero-order valence-electron chi connectivity index (χ0n) is 10.6. The third-order valence-electron chi connectivity index (χ3n) is 2.63. The maximum absolute atomic E-state index is 11.5. The van der Waals surface area contributed by atoms with Crippen molar-refractivity contribution in [3.05, 3.63) is 46.8 Å². The standard InChI is InChI=1S/C14H16N2O2/c1-3-16-14(17)10-9-13(15-16)11-5-7-12(8-6-11)18-4-2/h5-10H,3-4H2,1-2H3. The Kier molecular flexibility index (Phi) is 3.77. The van der Waals surface area contributed by atoms with E-state index in [-0.39, 0.29) is 5.56 Å². The van der Waals surface area contributed by atoms with Crippen LogP contribution >= 0.6 is 0 Å². The Morgan fingerprint density at radius 3 is 2.44 bits per heavy atom. The fraction of sp³-hybridized carbons (Fsp3) is 0.286. The molecule has 0 aliphatic carbocycles. The van der Waals surface area contributed by atoms with Crippen molar-refractivity contribution < 1.29 is 4.74 Å². The van der Waals surface area contributed by atoms with Crippen molar-refractivity contribution >= 4 is 0 Å². The van der Waals surface area contributed by atoms with E-state index in [1.54, 1.807) is 12.1 Å². The van der Waals surface area contributed by atoms with Gasteiger partial charge in [0, 0.05) is 18.2 Å². The van der Waals surface area contributed by atoms with Crippen LogP contribution in [0.25, 0.3) is 11.3 Å². The molecule has 0 saturated carbocycles. The Labute approximate surface area is 106 Å². The highest BCUT2D eigenvalue weighted by molar-refractivity contribution is 5.59. The highest BCUT2D eigenvalue weighted by atomic mass is 16.5. The minimum absolute atomic E-state index is 0.0767. The number of hydrogen-bond donors (Lipinski definition) is 0. The molecule has 4 nitrogen and oxygen atoms in total. The zero-order chi connectivity index (χ0) is 13.0. The molecular weight excluding hydrogens is 228 g/mol. The summed E-state index contributed by atoms with van der Waals surface area (Å²) in [5.74, 6) is 0.838. The van der Waals surface area contributed by atoms with Crippen molar-refractivity contribution in [1.82, 2.24) is 9.78 Å². The van der Waals surface area contributed by atoms with Crippen LogP contribution < -0.4 is 10.3 Å². The molecule has 0 N–H and O–H groups in total. The van der Waals surface area contributed by atoms with E-state index in [0.717, 1.165) is 17.0 Å². The van der Waals surface area contributed by atoms with E-state index < -0.39 is 0 Å². The zero-order valence-corrected chi connectivity index (χ0v) is 10.6. The van der Waals surface area contributed by atoms with Crippen LogP contribution in [-0.2, 0) is 6.54 Å². The van der Waals surface area contributed by atoms with Gasteiger partial charge in [-0.2, -0.15) is 5.10 Å². The molecule has 2 aromatic rings. The Balaban J connectivity index is 2.33. The third-order valence-corrected chi connectivity index (χ3v) is 2.63. The second-order valence-corrected chi connectivity index (χ2v) is 3.83. The second kappa shape index (κ2) is 5.49. The van der Waals surface area contributed by atoms with E-state index in [9.17, 15) is 4.79 Å². The normalized spacial score (nSPS) is 10.3. The van der Waals surface area contributed by atoms with E-state index in [1.165, 1.54) is 4.68 Å². The van der Waals surface area contributed by atoms with Crippen LogP contribution in [0.5, 0.6) is 5.75 Å². The first-order valence-electron chi connectivity index (χ1n) is 6.06. The highest BCUT2D eigenvalue weighted by Gasteiger charge is 2.02. The van der Waals surface area contributed by atoms with Crippen molar-refractivity contribution in [3.63, 3.8) is 0 Å². The van der Waals surface area contributed by atoms with Gasteiger partial charge in [-0.3, -0.25) is 4.79 Å². The lowest BCUT2D eigenvalue weighted by atomic mass is 10.1. The molecule has 1 aromatic carbocycles. The first-order chi connectivity index (χ1) is 8.74. The lowest BCUT2D eigenvalue weighted by molar-refractivity contribution is 0.340. The van der Waals surface area contributed by atoms with Crippen LogP contribution in [0.1, 0.15) is 13.8 Å². The maximum Gasteiger partial charge on any atom is 0.266 e. The topological polar surface area (TPSA) is 44.1 Å². The Morgan fingerprint density at radius 2 is 1.83 bits per heavy atom. The number of benzene rings is 1. The van der Waals surface area contributed by atoms with Gasteiger partial charge in [0.15, 0.2) is 0 Å². The summed E-state index contributed by atoms with van der Waals surface area (Å²) in [4.78, 5) is 11.5. The summed E-state index contributed by atoms with van der Waals surface area (Å²) in [6.07, 6.45) is 0. The van der Waals surface area contributed by atoms with E-state index >= 15 is 0 Å². The van der Waals surface area contributed by atoms with Crippen LogP contribution in [0.15, 0.2) is 41.2 Å². The van der Waals surface area contributed by atoms with Gasteiger partial charge in [0.1, 0.15) is 5.75 Å². The molecule has 0 aliphatic heterocycles. The molecule has 94 valence electrons. The lowest BCUT2D eigenvalue weighted by Crippen LogP contribution is -2.20. The molecule has 0 bridgehead atoms. The molecule has 0 fully saturated rings. The van der Waals surface area contributed by atoms with Gasteiger partial charge in [-0.1, -0.05) is 0 Å². The molecule has 0 radical (unpaired) electrons. The molecule has 18 heavy (non-hydrogen) atoms. The van der Waals surface area contributed by atoms with Gasteiger partial charge in [-0.15, -0.1) is 0 Å². The van der Waals surface area contributed by atoms with Crippen molar-refractivity contribution in [2.75, 3.05) is 6.61 Å². The van der Waals surface area contributed by atoms with Crippen LogP contribution in [-0.4, -0.2) is 16.4 Å². The van der Waals surface area contributed by atoms with Crippen LogP contribution in [0.2, 0.25) is 0 Å². The van der Waals surface area contributed by atoms with E-state index in [0.29, 0.717) is 13.2 Å². The summed E-state index contributed by atoms with van der Waals surface area (Å²) in [7, 11) is 0. The van der Waals surface area contributed by atoms with E-state index in [1.807, 2.05) is 38.1 Å². The minimum Gasteiger partial charge on any atom is -0.494 e. The predicted octanol–water partition coefficient (Wildman–Crippen LogP) is 2.33. The number of ether oxygens (including phenoxy) is 1. The van der Waals surface area contributed by atoms with E-state index in [4.69, 9.17) is 4.74 Å². The molecule has 0 unspecified atom stereocenters. The molecule has 0 amide bonds. The predicted molar refractivity (Wildman–Crippen MR) is 70.8 cm³/mol. The van der Waals surface area contributed by atoms with Gasteiger partial charge >= 0.3 is 0 Å². The average Bonchev–Trinajstić information content (AvgIpc) is 2.41. The quantitative estimate of drug-likeness (QED) is 0.829. The summed E-state index contributed by atoms with van der Waals surface area (Å²) in [6.45, 7) is 5.07. The molecule has 1 heterocycles. The number of aryl methyl sites for hydroxylation is 1. The molecule has 0 aliphatic rings. The molecule has 0 saturated heterocycles. The largest absolute Gasteiger partial charge is 0.494 e. The monoisotopic (exact) mass is 244 g/mol. The van der Waals surface area contributed by atoms with Crippen molar-refractivity contribution in [2.24, 2.45) is 0 Å². The SMILES string of the molecule is CCOc1ccc(-c2ccc(=O)n(CC)n2)cc1. The summed E-state index contributed by atoms with van der Waals surface area (Å²) >= 11 is 0. The van der Waals surface area contributed by atoms with Crippen molar-refractivity contribution in [2.45, 2.75) is 20.4 Å². The lowest BCUT2D eigenvalue weighted by Gasteiger charge is -2.06. The molecule has 0 spiro atoms. The smallest absolute Gasteiger partial charge is 0.266 e. The first kappa shape index (κ1) is 12.4. The Bertz CT molecular complexity index is 573. The number of aromatic nitrogens is 2. The number of rotatable bonds is 4. The first-order valence-corrected chi connectivity index (χ1v) is 6.06. The summed E-state index contributed by atoms with van der Waals surface area (Å²) in [6, 6.07) is 11.0. The number of nitrogens with zero attached hydrogens (tertiary/aromatic N) is 2. The Hall–Kier alpha value is -2.10. The average molecular weight is 244 g/mol. The minimum atomic E-state index is -0.0767. The van der Waals surface area contributed by atoms with Gasteiger partial charge in [0.05, 0.1) is 12.3 Å². The van der Waals surface area contributed by atoms with Crippen molar-refractivity contribution in [3.8, 4) is 17.0 Å². The molecule has 1 aromatic heterocycles. The van der Waals surface area contributed by atoms with Gasteiger partial charge in [-0.25, -0.2) is 4.68 Å². The van der Waals surface area contributed by atoms with E-state index in [2.05, 4.69) is 5.10 Å². The van der Waals surface area contributed by atoms with Gasteiger partial charge in [-0.05, 0) is 44.2 Å². The van der Waals surface area contributed by atoms with Crippen LogP contribution in [0.3, 0.4) is 0 Å². The summed E-state index contributed by atoms with van der Waals surface area (Å²) in [5, 5.41) is 4.30. The Morgan fingerprint density at radius 1 is 1.11 bits per heavy atom. The molecular formula is C14H16N2O2. The summed E-state index contributed by atoms with van der Waals surface area (Å²) < 4.78 is 6.84. The second-order valence-electron chi connectivity index (χ2n) is 3.83. The van der Waals surface area contributed by atoms with Crippen LogP contribution in [0.4, 0.5) is 0 Å². The third kappa shape index (κ3) is 2.59. The number of hydrogen-bond acceptors (Lipinski definition) is 3.